The number of rotatable bonds is 8. The molecule has 0 aliphatic heterocycles. The van der Waals surface area contributed by atoms with Crippen LogP contribution >= 0.6 is 11.6 Å². The summed E-state index contributed by atoms with van der Waals surface area (Å²) >= 11 is 6.13. The van der Waals surface area contributed by atoms with Gasteiger partial charge in [0.05, 0.1) is 17.2 Å². The molecular formula is C15H24ClN3O2. The molecule has 0 spiro atoms. The van der Waals surface area contributed by atoms with Crippen LogP contribution in [0.25, 0.3) is 0 Å². The van der Waals surface area contributed by atoms with Crippen molar-refractivity contribution in [3.05, 3.63) is 22.8 Å². The Morgan fingerprint density at radius 3 is 2.62 bits per heavy atom. The average Bonchev–Trinajstić information content (AvgIpc) is 2.49. The minimum Gasteiger partial charge on any atom is -0.395 e. The Balaban J connectivity index is 3.10. The Morgan fingerprint density at radius 2 is 2.10 bits per heavy atom. The summed E-state index contributed by atoms with van der Waals surface area (Å²) in [6.07, 6.45) is 3.16. The summed E-state index contributed by atoms with van der Waals surface area (Å²) in [7, 11) is 0. The van der Waals surface area contributed by atoms with Gasteiger partial charge in [-0.25, -0.2) is 4.98 Å². The van der Waals surface area contributed by atoms with E-state index in [9.17, 15) is 9.90 Å². The molecule has 0 atom stereocenters. The first kappa shape index (κ1) is 17.7. The smallest absolute Gasteiger partial charge is 0.255 e. The fourth-order valence-electron chi connectivity index (χ4n) is 2.32. The third-order valence-electron chi connectivity index (χ3n) is 3.43. The lowest BCUT2D eigenvalue weighted by Crippen LogP contribution is -2.41. The molecule has 2 N–H and O–H groups in total. The van der Waals surface area contributed by atoms with Gasteiger partial charge < -0.3 is 15.3 Å². The zero-order valence-corrected chi connectivity index (χ0v) is 13.7. The molecule has 0 unspecified atom stereocenters. The van der Waals surface area contributed by atoms with E-state index in [1.54, 1.807) is 11.0 Å². The second-order valence-electron chi connectivity index (χ2n) is 4.77. The van der Waals surface area contributed by atoms with Crippen molar-refractivity contribution < 1.29 is 9.90 Å². The monoisotopic (exact) mass is 313 g/mol. The maximum atomic E-state index is 12.7. The first-order valence-electron chi connectivity index (χ1n) is 7.40. The van der Waals surface area contributed by atoms with E-state index in [-0.39, 0.29) is 18.6 Å². The molecule has 1 heterocycles. The molecule has 1 aromatic heterocycles. The lowest BCUT2D eigenvalue weighted by atomic mass is 10.1. The van der Waals surface area contributed by atoms with Crippen LogP contribution in [0.3, 0.4) is 0 Å². The van der Waals surface area contributed by atoms with E-state index in [2.05, 4.69) is 10.3 Å². The van der Waals surface area contributed by atoms with Crippen LogP contribution in [0.15, 0.2) is 12.3 Å². The van der Waals surface area contributed by atoms with Crippen LogP contribution in [0.5, 0.6) is 0 Å². The second kappa shape index (κ2) is 8.85. The third-order valence-corrected chi connectivity index (χ3v) is 3.73. The topological polar surface area (TPSA) is 65.5 Å². The Labute approximate surface area is 131 Å². The highest BCUT2D eigenvalue weighted by Gasteiger charge is 2.24. The average molecular weight is 314 g/mol. The molecule has 0 saturated heterocycles. The summed E-state index contributed by atoms with van der Waals surface area (Å²) in [6.45, 7) is 6.98. The summed E-state index contributed by atoms with van der Waals surface area (Å²) in [4.78, 5) is 18.6. The molecule has 1 rings (SSSR count). The Hall–Kier alpha value is -1.33. The van der Waals surface area contributed by atoms with E-state index in [0.717, 1.165) is 19.4 Å². The molecular weight excluding hydrogens is 290 g/mol. The molecule has 0 aromatic carbocycles. The number of amides is 1. The van der Waals surface area contributed by atoms with Gasteiger partial charge in [-0.2, -0.15) is 0 Å². The molecule has 0 saturated carbocycles. The van der Waals surface area contributed by atoms with Crippen LogP contribution in [0.1, 0.15) is 44.0 Å². The quantitative estimate of drug-likeness (QED) is 0.774. The predicted molar refractivity (Wildman–Crippen MR) is 85.9 cm³/mol. The number of nitrogens with zero attached hydrogens (tertiary/aromatic N) is 2. The second-order valence-corrected chi connectivity index (χ2v) is 5.18. The van der Waals surface area contributed by atoms with Gasteiger partial charge in [-0.15, -0.1) is 0 Å². The van der Waals surface area contributed by atoms with Crippen molar-refractivity contribution in [2.24, 2.45) is 0 Å². The molecule has 0 bridgehead atoms. The summed E-state index contributed by atoms with van der Waals surface area (Å²) in [5.74, 6) is 0.461. The Bertz CT molecular complexity index is 464. The first-order valence-corrected chi connectivity index (χ1v) is 7.77. The van der Waals surface area contributed by atoms with Crippen LogP contribution < -0.4 is 5.32 Å². The lowest BCUT2D eigenvalue weighted by Gasteiger charge is -2.30. The number of carbonyl (C=O) groups is 1. The molecule has 5 nitrogen and oxygen atoms in total. The maximum Gasteiger partial charge on any atom is 0.255 e. The van der Waals surface area contributed by atoms with E-state index in [0.29, 0.717) is 22.9 Å². The molecule has 0 radical (unpaired) electrons. The van der Waals surface area contributed by atoms with Gasteiger partial charge in [0.2, 0.25) is 0 Å². The van der Waals surface area contributed by atoms with E-state index >= 15 is 0 Å². The normalized spacial score (nSPS) is 10.8. The van der Waals surface area contributed by atoms with Crippen molar-refractivity contribution in [1.82, 2.24) is 9.88 Å². The van der Waals surface area contributed by atoms with E-state index in [4.69, 9.17) is 11.6 Å². The van der Waals surface area contributed by atoms with Gasteiger partial charge in [0.25, 0.3) is 5.91 Å². The molecule has 21 heavy (non-hydrogen) atoms. The summed E-state index contributed by atoms with van der Waals surface area (Å²) in [5, 5.41) is 12.6. The molecule has 0 aliphatic rings. The molecule has 6 heteroatoms. The van der Waals surface area contributed by atoms with Gasteiger partial charge >= 0.3 is 0 Å². The third kappa shape index (κ3) is 4.58. The van der Waals surface area contributed by atoms with Crippen LogP contribution in [0.4, 0.5) is 5.82 Å². The van der Waals surface area contributed by atoms with Gasteiger partial charge in [0.1, 0.15) is 5.82 Å². The standard InChI is InChI=1S/C15H24ClN3O2/c1-4-11(5-2)19(7-8-20)15(21)12-9-14(17-6-3)18-10-13(12)16/h9-11,20H,4-8H2,1-3H3,(H,17,18). The van der Waals surface area contributed by atoms with E-state index in [1.807, 2.05) is 20.8 Å². The SMILES string of the molecule is CCNc1cc(C(=O)N(CCO)C(CC)CC)c(Cl)cn1. The van der Waals surface area contributed by atoms with Crippen molar-refractivity contribution in [3.63, 3.8) is 0 Å². The van der Waals surface area contributed by atoms with E-state index in [1.165, 1.54) is 6.20 Å². The first-order chi connectivity index (χ1) is 10.1. The maximum absolute atomic E-state index is 12.7. The highest BCUT2D eigenvalue weighted by molar-refractivity contribution is 6.33. The molecule has 0 aliphatic carbocycles. The van der Waals surface area contributed by atoms with Crippen molar-refractivity contribution in [3.8, 4) is 0 Å². The summed E-state index contributed by atoms with van der Waals surface area (Å²) in [6, 6.07) is 1.76. The van der Waals surface area contributed by atoms with Gasteiger partial charge in [-0.1, -0.05) is 25.4 Å². The number of aliphatic hydroxyl groups excluding tert-OH is 1. The number of carbonyl (C=O) groups excluding carboxylic acids is 1. The molecule has 118 valence electrons. The van der Waals surface area contributed by atoms with Gasteiger partial charge in [0, 0.05) is 25.3 Å². The number of hydrogen-bond donors (Lipinski definition) is 2. The number of hydrogen-bond acceptors (Lipinski definition) is 4. The number of aliphatic hydroxyl groups is 1. The Kier molecular flexibility index (Phi) is 7.47. The summed E-state index contributed by atoms with van der Waals surface area (Å²) in [5.41, 5.74) is 0.419. The van der Waals surface area contributed by atoms with Crippen molar-refractivity contribution in [2.75, 3.05) is 25.0 Å². The number of pyridine rings is 1. The minimum atomic E-state index is -0.163. The number of anilines is 1. The van der Waals surface area contributed by atoms with Crippen LogP contribution in [-0.4, -0.2) is 46.6 Å². The number of halogens is 1. The fraction of sp³-hybridized carbons (Fsp3) is 0.600. The van der Waals surface area contributed by atoms with Gasteiger partial charge in [-0.3, -0.25) is 4.79 Å². The predicted octanol–water partition coefficient (Wildman–Crippen LogP) is 2.79. The van der Waals surface area contributed by atoms with Crippen molar-refractivity contribution in [2.45, 2.75) is 39.7 Å². The zero-order chi connectivity index (χ0) is 15.8. The number of aromatic nitrogens is 1. The van der Waals surface area contributed by atoms with E-state index < -0.39 is 0 Å². The molecule has 1 amide bonds. The van der Waals surface area contributed by atoms with Crippen LogP contribution in [0.2, 0.25) is 5.02 Å². The summed E-state index contributed by atoms with van der Waals surface area (Å²) < 4.78 is 0. The highest BCUT2D eigenvalue weighted by atomic mass is 35.5. The molecule has 0 fully saturated rings. The minimum absolute atomic E-state index is 0.0645. The Morgan fingerprint density at radius 1 is 1.43 bits per heavy atom. The molecule has 1 aromatic rings. The zero-order valence-electron chi connectivity index (χ0n) is 12.9. The van der Waals surface area contributed by atoms with Crippen molar-refractivity contribution in [1.29, 1.82) is 0 Å². The fourth-order valence-corrected chi connectivity index (χ4v) is 2.51. The van der Waals surface area contributed by atoms with Crippen LogP contribution in [-0.2, 0) is 0 Å². The largest absolute Gasteiger partial charge is 0.395 e. The highest BCUT2D eigenvalue weighted by Crippen LogP contribution is 2.22. The van der Waals surface area contributed by atoms with Crippen molar-refractivity contribution >= 4 is 23.3 Å². The number of nitrogens with one attached hydrogen (secondary N) is 1. The lowest BCUT2D eigenvalue weighted by molar-refractivity contribution is 0.0622. The van der Waals surface area contributed by atoms with Crippen LogP contribution in [0, 0.1) is 0 Å². The van der Waals surface area contributed by atoms with Gasteiger partial charge in [-0.05, 0) is 25.8 Å². The van der Waals surface area contributed by atoms with Gasteiger partial charge in [0.15, 0.2) is 0 Å².